The molecule has 1 N–H and O–H groups in total. The van der Waals surface area contributed by atoms with Gasteiger partial charge in [0.1, 0.15) is 0 Å². The first-order chi connectivity index (χ1) is 8.61. The second-order valence-corrected chi connectivity index (χ2v) is 5.55. The van der Waals surface area contributed by atoms with E-state index in [2.05, 4.69) is 10.1 Å². The topological polar surface area (TPSA) is 55.4 Å². The molecule has 1 atom stereocenters. The lowest BCUT2D eigenvalue weighted by atomic mass is 10.1. The Labute approximate surface area is 110 Å². The number of aryl methyl sites for hydroxylation is 1. The van der Waals surface area contributed by atoms with Gasteiger partial charge in [-0.05, 0) is 42.7 Å². The summed E-state index contributed by atoms with van der Waals surface area (Å²) in [6.45, 7) is 1.91. The first kappa shape index (κ1) is 13.1. The van der Waals surface area contributed by atoms with Gasteiger partial charge in [0, 0.05) is 6.04 Å². The maximum atomic E-state index is 12.1. The third-order valence-electron chi connectivity index (χ3n) is 3.19. The number of nitrogens with one attached hydrogen (secondary N) is 1. The Kier molecular flexibility index (Phi) is 4.01. The highest BCUT2D eigenvalue weighted by Crippen LogP contribution is 2.34. The van der Waals surface area contributed by atoms with Crippen LogP contribution >= 0.6 is 11.3 Å². The van der Waals surface area contributed by atoms with Gasteiger partial charge >= 0.3 is 5.97 Å². The first-order valence-electron chi connectivity index (χ1n) is 6.03. The molecule has 1 aliphatic carbocycles. The SMILES string of the molecule is COC(=O)C[C@H](NC(=O)c1sccc1C)C1CC1. The van der Waals surface area contributed by atoms with E-state index in [1.807, 2.05) is 18.4 Å². The zero-order valence-corrected chi connectivity index (χ0v) is 11.4. The average molecular weight is 267 g/mol. The van der Waals surface area contributed by atoms with Crippen LogP contribution < -0.4 is 5.32 Å². The van der Waals surface area contributed by atoms with Crippen molar-refractivity contribution < 1.29 is 14.3 Å². The van der Waals surface area contributed by atoms with Crippen molar-refractivity contribution in [3.8, 4) is 0 Å². The van der Waals surface area contributed by atoms with Crippen LogP contribution in [0.4, 0.5) is 0 Å². The van der Waals surface area contributed by atoms with E-state index in [1.54, 1.807) is 0 Å². The molecule has 1 saturated carbocycles. The molecule has 1 aromatic rings. The summed E-state index contributed by atoms with van der Waals surface area (Å²) in [7, 11) is 1.37. The van der Waals surface area contributed by atoms with Crippen LogP contribution in [0.15, 0.2) is 11.4 Å². The summed E-state index contributed by atoms with van der Waals surface area (Å²) in [4.78, 5) is 24.1. The Morgan fingerprint density at radius 1 is 1.56 bits per heavy atom. The number of carbonyl (C=O) groups excluding carboxylic acids is 2. The number of carbonyl (C=O) groups is 2. The fraction of sp³-hybridized carbons (Fsp3) is 0.538. The van der Waals surface area contributed by atoms with Crippen molar-refractivity contribution in [3.63, 3.8) is 0 Å². The molecular weight excluding hydrogens is 250 g/mol. The van der Waals surface area contributed by atoms with E-state index in [0.717, 1.165) is 23.3 Å². The van der Waals surface area contributed by atoms with E-state index in [9.17, 15) is 9.59 Å². The summed E-state index contributed by atoms with van der Waals surface area (Å²) in [5, 5.41) is 4.86. The maximum absolute atomic E-state index is 12.1. The Morgan fingerprint density at radius 2 is 2.28 bits per heavy atom. The minimum atomic E-state index is -0.268. The third-order valence-corrected chi connectivity index (χ3v) is 4.21. The van der Waals surface area contributed by atoms with Crippen LogP contribution in [0, 0.1) is 12.8 Å². The number of esters is 1. The predicted molar refractivity (Wildman–Crippen MR) is 69.7 cm³/mol. The molecule has 0 saturated heterocycles. The van der Waals surface area contributed by atoms with E-state index >= 15 is 0 Å². The molecule has 1 aliphatic rings. The van der Waals surface area contributed by atoms with Crippen LogP contribution in [-0.4, -0.2) is 25.0 Å². The van der Waals surface area contributed by atoms with Crippen LogP contribution in [0.25, 0.3) is 0 Å². The second-order valence-electron chi connectivity index (χ2n) is 4.63. The number of methoxy groups -OCH3 is 1. The lowest BCUT2D eigenvalue weighted by molar-refractivity contribution is -0.141. The van der Waals surface area contributed by atoms with Crippen molar-refractivity contribution in [2.45, 2.75) is 32.2 Å². The minimum absolute atomic E-state index is 0.0803. The van der Waals surface area contributed by atoms with E-state index in [1.165, 1.54) is 18.4 Å². The van der Waals surface area contributed by atoms with Gasteiger partial charge in [-0.15, -0.1) is 11.3 Å². The van der Waals surface area contributed by atoms with Crippen LogP contribution in [0.5, 0.6) is 0 Å². The average Bonchev–Trinajstić information content (AvgIpc) is 3.10. The first-order valence-corrected chi connectivity index (χ1v) is 6.91. The summed E-state index contributed by atoms with van der Waals surface area (Å²) in [5.74, 6) is 0.0757. The number of thiophene rings is 1. The fourth-order valence-electron chi connectivity index (χ4n) is 1.94. The summed E-state index contributed by atoms with van der Waals surface area (Å²) >= 11 is 1.43. The standard InChI is InChI=1S/C13H17NO3S/c1-8-5-6-18-12(8)13(16)14-10(9-3-4-9)7-11(15)17-2/h5-6,9-10H,3-4,7H2,1-2H3,(H,14,16)/t10-/m0/s1. The molecule has 0 unspecified atom stereocenters. The van der Waals surface area contributed by atoms with Gasteiger partial charge in [0.05, 0.1) is 18.4 Å². The molecule has 1 amide bonds. The largest absolute Gasteiger partial charge is 0.469 e. The molecule has 2 rings (SSSR count). The minimum Gasteiger partial charge on any atom is -0.469 e. The van der Waals surface area contributed by atoms with Gasteiger partial charge in [0.2, 0.25) is 0 Å². The van der Waals surface area contributed by atoms with Crippen LogP contribution in [0.1, 0.15) is 34.5 Å². The normalized spacial score (nSPS) is 16.1. The zero-order chi connectivity index (χ0) is 13.1. The van der Waals surface area contributed by atoms with Gasteiger partial charge in [-0.2, -0.15) is 0 Å². The summed E-state index contributed by atoms with van der Waals surface area (Å²) in [6, 6.07) is 1.83. The maximum Gasteiger partial charge on any atom is 0.307 e. The van der Waals surface area contributed by atoms with Crippen molar-refractivity contribution in [2.75, 3.05) is 7.11 Å². The molecule has 18 heavy (non-hydrogen) atoms. The van der Waals surface area contributed by atoms with E-state index < -0.39 is 0 Å². The Hall–Kier alpha value is -1.36. The molecule has 0 bridgehead atoms. The molecule has 0 aliphatic heterocycles. The highest BCUT2D eigenvalue weighted by molar-refractivity contribution is 7.12. The van der Waals surface area contributed by atoms with Gasteiger partial charge in [0.25, 0.3) is 5.91 Å². The molecule has 1 fully saturated rings. The predicted octanol–water partition coefficient (Wildman–Crippen LogP) is 2.13. The van der Waals surface area contributed by atoms with Crippen LogP contribution in [-0.2, 0) is 9.53 Å². The van der Waals surface area contributed by atoms with Crippen molar-refractivity contribution in [1.82, 2.24) is 5.32 Å². The highest BCUT2D eigenvalue weighted by atomic mass is 32.1. The molecule has 5 heteroatoms. The van der Waals surface area contributed by atoms with Crippen molar-refractivity contribution in [2.24, 2.45) is 5.92 Å². The number of rotatable bonds is 5. The Morgan fingerprint density at radius 3 is 2.78 bits per heavy atom. The molecule has 1 heterocycles. The molecule has 98 valence electrons. The van der Waals surface area contributed by atoms with Gasteiger partial charge < -0.3 is 10.1 Å². The molecule has 4 nitrogen and oxygen atoms in total. The van der Waals surface area contributed by atoms with Gasteiger partial charge in [-0.25, -0.2) is 0 Å². The van der Waals surface area contributed by atoms with Crippen molar-refractivity contribution >= 4 is 23.2 Å². The molecule has 0 aromatic carbocycles. The summed E-state index contributed by atoms with van der Waals surface area (Å²) < 4.78 is 4.67. The molecule has 0 spiro atoms. The molecular formula is C13H17NO3S. The second kappa shape index (κ2) is 5.52. The Balaban J connectivity index is 1.98. The van der Waals surface area contributed by atoms with Gasteiger partial charge in [-0.1, -0.05) is 0 Å². The quantitative estimate of drug-likeness (QED) is 0.831. The zero-order valence-electron chi connectivity index (χ0n) is 10.6. The van der Waals surface area contributed by atoms with Crippen molar-refractivity contribution in [1.29, 1.82) is 0 Å². The lowest BCUT2D eigenvalue weighted by Gasteiger charge is -2.16. The van der Waals surface area contributed by atoms with Crippen LogP contribution in [0.2, 0.25) is 0 Å². The number of amides is 1. The van der Waals surface area contributed by atoms with E-state index in [4.69, 9.17) is 0 Å². The highest BCUT2D eigenvalue weighted by Gasteiger charge is 2.34. The fourth-order valence-corrected chi connectivity index (χ4v) is 2.76. The van der Waals surface area contributed by atoms with Gasteiger partial charge in [-0.3, -0.25) is 9.59 Å². The summed E-state index contributed by atoms with van der Waals surface area (Å²) in [6.07, 6.45) is 2.41. The van der Waals surface area contributed by atoms with Crippen molar-refractivity contribution in [3.05, 3.63) is 21.9 Å². The lowest BCUT2D eigenvalue weighted by Crippen LogP contribution is -2.38. The monoisotopic (exact) mass is 267 g/mol. The number of hydrogen-bond donors (Lipinski definition) is 1. The third kappa shape index (κ3) is 3.10. The summed E-state index contributed by atoms with van der Waals surface area (Å²) in [5.41, 5.74) is 0.977. The Bertz CT molecular complexity index is 451. The van der Waals surface area contributed by atoms with E-state index in [0.29, 0.717) is 5.92 Å². The number of ether oxygens (including phenoxy) is 1. The van der Waals surface area contributed by atoms with Gasteiger partial charge in [0.15, 0.2) is 0 Å². The van der Waals surface area contributed by atoms with E-state index in [-0.39, 0.29) is 24.3 Å². The molecule has 0 radical (unpaired) electrons. The smallest absolute Gasteiger partial charge is 0.307 e. The van der Waals surface area contributed by atoms with Crippen LogP contribution in [0.3, 0.4) is 0 Å². The molecule has 1 aromatic heterocycles. The number of hydrogen-bond acceptors (Lipinski definition) is 4.